The van der Waals surface area contributed by atoms with E-state index in [1.807, 2.05) is 29.9 Å². The molecule has 3 nitrogen and oxygen atoms in total. The number of hydrogen-bond acceptors (Lipinski definition) is 1. The van der Waals surface area contributed by atoms with E-state index in [0.29, 0.717) is 6.54 Å². The first-order valence-corrected chi connectivity index (χ1v) is 7.30. The standard InChI is InChI=1S/C15H15Cl2N3/c1-3-12-15(17)14(19(2)18-12)9-20-7-6-10-8-11(16)4-5-13(10)20/h4-8H,3,9H2,1-2H3. The molecule has 3 aromatic rings. The molecule has 2 aromatic heterocycles. The van der Waals surface area contributed by atoms with Crippen molar-refractivity contribution < 1.29 is 0 Å². The summed E-state index contributed by atoms with van der Waals surface area (Å²) in [7, 11) is 1.93. The second kappa shape index (κ2) is 5.15. The molecule has 5 heteroatoms. The van der Waals surface area contributed by atoms with Gasteiger partial charge in [0.1, 0.15) is 0 Å². The van der Waals surface area contributed by atoms with E-state index in [0.717, 1.165) is 38.8 Å². The number of rotatable bonds is 3. The van der Waals surface area contributed by atoms with E-state index in [4.69, 9.17) is 23.2 Å². The first-order valence-electron chi connectivity index (χ1n) is 6.54. The normalized spacial score (nSPS) is 11.4. The molecular formula is C15H15Cl2N3. The van der Waals surface area contributed by atoms with Crippen LogP contribution in [0.25, 0.3) is 10.9 Å². The fraction of sp³-hybridized carbons (Fsp3) is 0.267. The van der Waals surface area contributed by atoms with Crippen molar-refractivity contribution in [1.82, 2.24) is 14.3 Å². The number of fused-ring (bicyclic) bond motifs is 1. The Bertz CT molecular complexity index is 771. The molecule has 0 spiro atoms. The van der Waals surface area contributed by atoms with Crippen LogP contribution in [-0.4, -0.2) is 14.3 Å². The van der Waals surface area contributed by atoms with Crippen molar-refractivity contribution in [1.29, 1.82) is 0 Å². The van der Waals surface area contributed by atoms with Gasteiger partial charge in [0.2, 0.25) is 0 Å². The van der Waals surface area contributed by atoms with Gasteiger partial charge in [0, 0.05) is 29.2 Å². The third-order valence-corrected chi connectivity index (χ3v) is 4.23. The topological polar surface area (TPSA) is 22.8 Å². The lowest BCUT2D eigenvalue weighted by atomic mass is 10.2. The molecule has 20 heavy (non-hydrogen) atoms. The van der Waals surface area contributed by atoms with Gasteiger partial charge in [-0.1, -0.05) is 30.1 Å². The molecule has 0 aliphatic rings. The first kappa shape index (κ1) is 13.5. The summed E-state index contributed by atoms with van der Waals surface area (Å²) in [4.78, 5) is 0. The molecule has 0 fully saturated rings. The van der Waals surface area contributed by atoms with Crippen molar-refractivity contribution in [2.45, 2.75) is 19.9 Å². The third-order valence-electron chi connectivity index (χ3n) is 3.56. The minimum absolute atomic E-state index is 0.702. The van der Waals surface area contributed by atoms with E-state index in [9.17, 15) is 0 Å². The molecule has 104 valence electrons. The van der Waals surface area contributed by atoms with Crippen molar-refractivity contribution >= 4 is 34.1 Å². The lowest BCUT2D eigenvalue weighted by Gasteiger charge is -2.07. The molecule has 1 aromatic carbocycles. The quantitative estimate of drug-likeness (QED) is 0.707. The Hall–Kier alpha value is -1.45. The SMILES string of the molecule is CCc1nn(C)c(Cn2ccc3cc(Cl)ccc32)c1Cl. The Morgan fingerprint density at radius 2 is 2.00 bits per heavy atom. The molecule has 2 heterocycles. The van der Waals surface area contributed by atoms with Gasteiger partial charge in [-0.15, -0.1) is 0 Å². The largest absolute Gasteiger partial charge is 0.341 e. The third kappa shape index (κ3) is 2.21. The highest BCUT2D eigenvalue weighted by molar-refractivity contribution is 6.32. The van der Waals surface area contributed by atoms with Crippen molar-refractivity contribution in [3.63, 3.8) is 0 Å². The molecule has 0 unspecified atom stereocenters. The summed E-state index contributed by atoms with van der Waals surface area (Å²) in [5.74, 6) is 0. The highest BCUT2D eigenvalue weighted by Crippen LogP contribution is 2.25. The summed E-state index contributed by atoms with van der Waals surface area (Å²) in [5.41, 5.74) is 3.12. The minimum Gasteiger partial charge on any atom is -0.341 e. The molecule has 0 aliphatic heterocycles. The fourth-order valence-corrected chi connectivity index (χ4v) is 3.00. The summed E-state index contributed by atoms with van der Waals surface area (Å²) in [6.07, 6.45) is 2.89. The fourth-order valence-electron chi connectivity index (χ4n) is 2.46. The second-order valence-corrected chi connectivity index (χ2v) is 5.65. The Kier molecular flexibility index (Phi) is 3.48. The van der Waals surface area contributed by atoms with Gasteiger partial charge in [-0.25, -0.2) is 0 Å². The van der Waals surface area contributed by atoms with Crippen molar-refractivity contribution in [3.8, 4) is 0 Å². The van der Waals surface area contributed by atoms with Crippen molar-refractivity contribution in [2.75, 3.05) is 0 Å². The molecule has 0 bridgehead atoms. The highest BCUT2D eigenvalue weighted by Gasteiger charge is 2.14. The smallest absolute Gasteiger partial charge is 0.0868 e. The van der Waals surface area contributed by atoms with Crippen LogP contribution in [0, 0.1) is 0 Å². The van der Waals surface area contributed by atoms with Crippen LogP contribution in [0.5, 0.6) is 0 Å². The number of halogens is 2. The maximum atomic E-state index is 6.41. The van der Waals surface area contributed by atoms with Crippen LogP contribution in [-0.2, 0) is 20.0 Å². The predicted octanol–water partition coefficient (Wildman–Crippen LogP) is 4.29. The van der Waals surface area contributed by atoms with E-state index in [1.54, 1.807) is 0 Å². The molecule has 0 radical (unpaired) electrons. The highest BCUT2D eigenvalue weighted by atomic mass is 35.5. The number of benzene rings is 1. The Morgan fingerprint density at radius 1 is 1.20 bits per heavy atom. The zero-order chi connectivity index (χ0) is 14.3. The van der Waals surface area contributed by atoms with Gasteiger partial charge in [0.25, 0.3) is 0 Å². The Balaban J connectivity index is 2.03. The summed E-state index contributed by atoms with van der Waals surface area (Å²) >= 11 is 12.4. The van der Waals surface area contributed by atoms with Crippen LogP contribution in [0.1, 0.15) is 18.3 Å². The van der Waals surface area contributed by atoms with Crippen molar-refractivity contribution in [3.05, 3.63) is 51.9 Å². The lowest BCUT2D eigenvalue weighted by Crippen LogP contribution is -2.05. The molecule has 0 amide bonds. The monoisotopic (exact) mass is 307 g/mol. The first-order chi connectivity index (χ1) is 9.60. The van der Waals surface area contributed by atoms with Gasteiger partial charge in [-0.05, 0) is 30.7 Å². The van der Waals surface area contributed by atoms with Crippen LogP contribution < -0.4 is 0 Å². The van der Waals surface area contributed by atoms with Gasteiger partial charge in [0.15, 0.2) is 0 Å². The lowest BCUT2D eigenvalue weighted by molar-refractivity contribution is 0.670. The van der Waals surface area contributed by atoms with Gasteiger partial charge in [-0.3, -0.25) is 4.68 Å². The van der Waals surface area contributed by atoms with Crippen LogP contribution in [0.4, 0.5) is 0 Å². The number of hydrogen-bond donors (Lipinski definition) is 0. The maximum absolute atomic E-state index is 6.41. The van der Waals surface area contributed by atoms with E-state index in [1.165, 1.54) is 0 Å². The van der Waals surface area contributed by atoms with Crippen LogP contribution >= 0.6 is 23.2 Å². The summed E-state index contributed by atoms with van der Waals surface area (Å²) < 4.78 is 4.02. The molecule has 0 saturated carbocycles. The summed E-state index contributed by atoms with van der Waals surface area (Å²) in [6, 6.07) is 7.97. The Labute approximate surface area is 127 Å². The number of aryl methyl sites for hydroxylation is 2. The van der Waals surface area contributed by atoms with Crippen LogP contribution in [0.15, 0.2) is 30.5 Å². The van der Waals surface area contributed by atoms with E-state index < -0.39 is 0 Å². The molecule has 0 saturated heterocycles. The number of aromatic nitrogens is 3. The molecule has 0 N–H and O–H groups in total. The predicted molar refractivity (Wildman–Crippen MR) is 83.6 cm³/mol. The average Bonchev–Trinajstić information content (AvgIpc) is 2.94. The molecule has 0 atom stereocenters. The molecule has 0 aliphatic carbocycles. The zero-order valence-corrected chi connectivity index (χ0v) is 12.9. The summed E-state index contributed by atoms with van der Waals surface area (Å²) in [6.45, 7) is 2.76. The minimum atomic E-state index is 0.702. The van der Waals surface area contributed by atoms with Gasteiger partial charge < -0.3 is 4.57 Å². The van der Waals surface area contributed by atoms with Crippen LogP contribution in [0.2, 0.25) is 10.0 Å². The van der Waals surface area contributed by atoms with Gasteiger partial charge in [-0.2, -0.15) is 5.10 Å². The van der Waals surface area contributed by atoms with Crippen LogP contribution in [0.3, 0.4) is 0 Å². The maximum Gasteiger partial charge on any atom is 0.0868 e. The van der Waals surface area contributed by atoms with E-state index in [2.05, 4.69) is 28.9 Å². The molecule has 3 rings (SSSR count). The van der Waals surface area contributed by atoms with Gasteiger partial charge >= 0.3 is 0 Å². The number of nitrogens with zero attached hydrogens (tertiary/aromatic N) is 3. The average molecular weight is 308 g/mol. The summed E-state index contributed by atoms with van der Waals surface area (Å²) in [5, 5.41) is 7.11. The van der Waals surface area contributed by atoms with Crippen molar-refractivity contribution in [2.24, 2.45) is 7.05 Å². The molecular weight excluding hydrogens is 293 g/mol. The van der Waals surface area contributed by atoms with Gasteiger partial charge in [0.05, 0.1) is 23.0 Å². The second-order valence-electron chi connectivity index (χ2n) is 4.83. The van der Waals surface area contributed by atoms with E-state index in [-0.39, 0.29) is 0 Å². The Morgan fingerprint density at radius 3 is 2.70 bits per heavy atom. The van der Waals surface area contributed by atoms with E-state index >= 15 is 0 Å². The zero-order valence-electron chi connectivity index (χ0n) is 11.4.